The summed E-state index contributed by atoms with van der Waals surface area (Å²) >= 11 is 0. The normalized spacial score (nSPS) is 22.1. The van der Waals surface area contributed by atoms with Gasteiger partial charge >= 0.3 is 0 Å². The van der Waals surface area contributed by atoms with E-state index in [4.69, 9.17) is 5.10 Å². The zero-order valence-corrected chi connectivity index (χ0v) is 19.5. The van der Waals surface area contributed by atoms with E-state index in [1.54, 1.807) is 0 Å². The molecular weight excluding hydrogens is 398 g/mol. The first-order valence-corrected chi connectivity index (χ1v) is 11.7. The van der Waals surface area contributed by atoms with Crippen LogP contribution in [-0.2, 0) is 12.6 Å². The summed E-state index contributed by atoms with van der Waals surface area (Å²) in [5, 5.41) is 13.0. The zero-order chi connectivity index (χ0) is 22.5. The van der Waals surface area contributed by atoms with Crippen molar-refractivity contribution >= 4 is 16.8 Å². The Morgan fingerprint density at radius 1 is 1.12 bits per heavy atom. The molecule has 168 valence electrons. The van der Waals surface area contributed by atoms with Gasteiger partial charge in [0.1, 0.15) is 0 Å². The molecule has 3 heterocycles. The van der Waals surface area contributed by atoms with Gasteiger partial charge in [-0.15, -0.1) is 0 Å². The highest BCUT2D eigenvalue weighted by Crippen LogP contribution is 2.35. The fraction of sp³-hybridized carbons (Fsp3) is 0.462. The summed E-state index contributed by atoms with van der Waals surface area (Å²) in [6.45, 7) is 9.78. The van der Waals surface area contributed by atoms with E-state index in [9.17, 15) is 4.79 Å². The lowest BCUT2D eigenvalue weighted by molar-refractivity contribution is 0.0712. The van der Waals surface area contributed by atoms with Crippen LogP contribution < -0.4 is 10.6 Å². The van der Waals surface area contributed by atoms with Gasteiger partial charge in [-0.05, 0) is 68.5 Å². The number of nitrogens with one attached hydrogen (secondary N) is 2. The summed E-state index contributed by atoms with van der Waals surface area (Å²) in [4.78, 5) is 15.1. The minimum Gasteiger partial charge on any atom is -0.339 e. The number of benzene rings is 2. The molecule has 0 unspecified atom stereocenters. The fourth-order valence-corrected chi connectivity index (χ4v) is 5.44. The first-order valence-electron chi connectivity index (χ1n) is 11.7. The molecule has 1 aromatic heterocycles. The Morgan fingerprint density at radius 3 is 2.50 bits per heavy atom. The lowest BCUT2D eigenvalue weighted by atomic mass is 9.89. The van der Waals surface area contributed by atoms with E-state index in [0.717, 1.165) is 44.7 Å². The zero-order valence-electron chi connectivity index (χ0n) is 19.5. The molecule has 0 aliphatic carbocycles. The highest BCUT2D eigenvalue weighted by atomic mass is 16.2. The van der Waals surface area contributed by atoms with Crippen molar-refractivity contribution in [2.24, 2.45) is 7.05 Å². The minimum absolute atomic E-state index is 0.0674. The quantitative estimate of drug-likeness (QED) is 0.666. The highest BCUT2D eigenvalue weighted by Gasteiger charge is 2.31. The van der Waals surface area contributed by atoms with E-state index in [-0.39, 0.29) is 11.4 Å². The molecule has 32 heavy (non-hydrogen) atoms. The molecule has 0 radical (unpaired) electrons. The Morgan fingerprint density at radius 2 is 1.84 bits per heavy atom. The first-order chi connectivity index (χ1) is 15.4. The molecule has 5 rings (SSSR count). The van der Waals surface area contributed by atoms with Gasteiger partial charge in [-0.1, -0.05) is 18.2 Å². The third-order valence-corrected chi connectivity index (χ3v) is 7.34. The van der Waals surface area contributed by atoms with Gasteiger partial charge in [-0.2, -0.15) is 5.10 Å². The van der Waals surface area contributed by atoms with E-state index in [1.165, 1.54) is 33.3 Å². The van der Waals surface area contributed by atoms with Crippen molar-refractivity contribution in [3.63, 3.8) is 0 Å². The van der Waals surface area contributed by atoms with Crippen molar-refractivity contribution in [3.05, 3.63) is 64.3 Å². The molecule has 3 aromatic rings. The van der Waals surface area contributed by atoms with Gasteiger partial charge in [0, 0.05) is 50.2 Å². The minimum atomic E-state index is -0.0674. The Balaban J connectivity index is 1.29. The second-order valence-electron chi connectivity index (χ2n) is 9.74. The van der Waals surface area contributed by atoms with Crippen molar-refractivity contribution in [1.29, 1.82) is 0 Å². The van der Waals surface area contributed by atoms with Crippen molar-refractivity contribution in [2.75, 3.05) is 26.3 Å². The van der Waals surface area contributed by atoms with Crippen LogP contribution in [0, 0.1) is 13.8 Å². The molecule has 2 aliphatic rings. The van der Waals surface area contributed by atoms with Gasteiger partial charge < -0.3 is 10.2 Å². The third kappa shape index (κ3) is 3.61. The molecule has 2 aliphatic heterocycles. The van der Waals surface area contributed by atoms with Gasteiger partial charge in [0.2, 0.25) is 0 Å². The SMILES string of the molecule is Cc1cc(C)c2c(C3CCN(C(=O)c4ccc([C@]5(C)CNCN5)cc4)CC3)nn(C)c2c1. The second-order valence-corrected chi connectivity index (χ2v) is 9.74. The van der Waals surface area contributed by atoms with Gasteiger partial charge in [0.05, 0.1) is 16.7 Å². The number of fused-ring (bicyclic) bond motifs is 1. The predicted molar refractivity (Wildman–Crippen MR) is 128 cm³/mol. The molecule has 2 aromatic carbocycles. The number of carbonyl (C=O) groups excluding carboxylic acids is 1. The maximum absolute atomic E-state index is 13.1. The molecule has 1 amide bonds. The lowest BCUT2D eigenvalue weighted by Crippen LogP contribution is -2.38. The molecule has 0 bridgehead atoms. The van der Waals surface area contributed by atoms with Crippen molar-refractivity contribution in [1.82, 2.24) is 25.3 Å². The number of aromatic nitrogens is 2. The Bertz CT molecular complexity index is 1150. The summed E-state index contributed by atoms with van der Waals surface area (Å²) in [6, 6.07) is 12.6. The van der Waals surface area contributed by atoms with Crippen molar-refractivity contribution in [3.8, 4) is 0 Å². The van der Waals surface area contributed by atoms with Gasteiger partial charge in [0.15, 0.2) is 0 Å². The van der Waals surface area contributed by atoms with Crippen LogP contribution >= 0.6 is 0 Å². The standard InChI is InChI=1S/C26H33N5O/c1-17-13-18(2)23-22(14-17)30(4)29-24(23)19-9-11-31(12-10-19)25(32)20-5-7-21(8-6-20)26(3)15-27-16-28-26/h5-8,13-14,19,27-28H,9-12,15-16H2,1-4H3/t26-/m0/s1. The van der Waals surface area contributed by atoms with Crippen LogP contribution in [0.2, 0.25) is 0 Å². The summed E-state index contributed by atoms with van der Waals surface area (Å²) in [5.74, 6) is 0.530. The largest absolute Gasteiger partial charge is 0.339 e. The summed E-state index contributed by atoms with van der Waals surface area (Å²) in [7, 11) is 2.03. The number of hydrogen-bond donors (Lipinski definition) is 2. The van der Waals surface area contributed by atoms with E-state index in [0.29, 0.717) is 5.92 Å². The molecule has 0 saturated carbocycles. The van der Waals surface area contributed by atoms with Crippen molar-refractivity contribution in [2.45, 2.75) is 45.1 Å². The maximum Gasteiger partial charge on any atom is 0.253 e. The second kappa shape index (κ2) is 8.01. The van der Waals surface area contributed by atoms with E-state index >= 15 is 0 Å². The lowest BCUT2D eigenvalue weighted by Gasteiger charge is -2.32. The van der Waals surface area contributed by atoms with Gasteiger partial charge in [-0.25, -0.2) is 0 Å². The number of piperidine rings is 1. The van der Waals surface area contributed by atoms with Crippen LogP contribution in [0.5, 0.6) is 0 Å². The first kappa shape index (κ1) is 21.2. The summed E-state index contributed by atoms with van der Waals surface area (Å²) in [6.07, 6.45) is 1.91. The fourth-order valence-electron chi connectivity index (χ4n) is 5.44. The van der Waals surface area contributed by atoms with Crippen LogP contribution in [0.25, 0.3) is 10.9 Å². The molecule has 1 atom stereocenters. The number of likely N-dealkylation sites (tertiary alicyclic amines) is 1. The monoisotopic (exact) mass is 431 g/mol. The number of aryl methyl sites for hydroxylation is 3. The number of hydrogen-bond acceptors (Lipinski definition) is 4. The Labute approximate surface area is 190 Å². The molecule has 2 fully saturated rings. The van der Waals surface area contributed by atoms with Crippen LogP contribution in [0.4, 0.5) is 0 Å². The number of rotatable bonds is 3. The molecule has 0 spiro atoms. The number of nitrogens with zero attached hydrogens (tertiary/aromatic N) is 3. The van der Waals surface area contributed by atoms with E-state index in [2.05, 4.69) is 55.7 Å². The van der Waals surface area contributed by atoms with Gasteiger partial charge in [-0.3, -0.25) is 14.8 Å². The smallest absolute Gasteiger partial charge is 0.253 e. The number of amides is 1. The average Bonchev–Trinajstić information content (AvgIpc) is 3.38. The maximum atomic E-state index is 13.1. The van der Waals surface area contributed by atoms with Crippen molar-refractivity contribution < 1.29 is 4.79 Å². The number of carbonyl (C=O) groups is 1. The van der Waals surface area contributed by atoms with E-state index < -0.39 is 0 Å². The van der Waals surface area contributed by atoms with Crippen LogP contribution in [0.1, 0.15) is 58.4 Å². The molecule has 6 nitrogen and oxygen atoms in total. The third-order valence-electron chi connectivity index (χ3n) is 7.34. The Kier molecular flexibility index (Phi) is 5.30. The van der Waals surface area contributed by atoms with Gasteiger partial charge in [0.25, 0.3) is 5.91 Å². The summed E-state index contributed by atoms with van der Waals surface area (Å²) in [5.41, 5.74) is 6.88. The molecule has 6 heteroatoms. The summed E-state index contributed by atoms with van der Waals surface area (Å²) < 4.78 is 2.01. The van der Waals surface area contributed by atoms with Crippen LogP contribution in [-0.4, -0.2) is 46.9 Å². The Hall–Kier alpha value is -2.70. The van der Waals surface area contributed by atoms with Crippen LogP contribution in [0.3, 0.4) is 0 Å². The molecule has 2 N–H and O–H groups in total. The average molecular weight is 432 g/mol. The van der Waals surface area contributed by atoms with Crippen LogP contribution in [0.15, 0.2) is 36.4 Å². The van der Waals surface area contributed by atoms with E-state index in [1.807, 2.05) is 28.8 Å². The topological polar surface area (TPSA) is 62.2 Å². The predicted octanol–water partition coefficient (Wildman–Crippen LogP) is 3.58. The molecular formula is C26H33N5O. The highest BCUT2D eigenvalue weighted by molar-refractivity contribution is 5.94. The molecule has 2 saturated heterocycles.